The fourth-order valence-corrected chi connectivity index (χ4v) is 2.65. The van der Waals surface area contributed by atoms with Gasteiger partial charge in [0, 0.05) is 17.7 Å². The Kier molecular flexibility index (Phi) is 5.64. The van der Waals surface area contributed by atoms with Crippen LogP contribution in [0.4, 0.5) is 11.4 Å². The first-order chi connectivity index (χ1) is 11.7. The van der Waals surface area contributed by atoms with Crippen LogP contribution in [0.25, 0.3) is 0 Å². The second kappa shape index (κ2) is 7.53. The molecule has 0 aromatic heterocycles. The Bertz CT molecular complexity index is 834. The van der Waals surface area contributed by atoms with Gasteiger partial charge in [0.2, 0.25) is 0 Å². The van der Waals surface area contributed by atoms with E-state index in [2.05, 4.69) is 5.32 Å². The van der Waals surface area contributed by atoms with E-state index in [0.717, 1.165) is 16.9 Å². The van der Waals surface area contributed by atoms with Crippen molar-refractivity contribution in [1.82, 2.24) is 0 Å². The number of halogens is 1. The summed E-state index contributed by atoms with van der Waals surface area (Å²) in [7, 11) is 1.59. The van der Waals surface area contributed by atoms with Gasteiger partial charge in [-0.05, 0) is 42.2 Å². The van der Waals surface area contributed by atoms with E-state index in [0.29, 0.717) is 5.56 Å². The maximum absolute atomic E-state index is 12.7. The molecular formula is C18H19ClN2O4. The molecule has 0 aliphatic rings. The van der Waals surface area contributed by atoms with Crippen LogP contribution in [0.3, 0.4) is 0 Å². The average Bonchev–Trinajstić information content (AvgIpc) is 2.55. The molecular weight excluding hydrogens is 344 g/mol. The fourth-order valence-electron chi connectivity index (χ4n) is 2.48. The van der Waals surface area contributed by atoms with Crippen LogP contribution in [0.5, 0.6) is 5.75 Å². The SMILES string of the molecule is COc1cc(C)c(C(=O)Nc2cc([N+](=O)[O-])ccc2Cl)cc1C(C)C. The van der Waals surface area contributed by atoms with Crippen molar-refractivity contribution < 1.29 is 14.5 Å². The molecule has 132 valence electrons. The van der Waals surface area contributed by atoms with Crippen molar-refractivity contribution in [3.8, 4) is 5.75 Å². The third-order valence-corrected chi connectivity index (χ3v) is 4.18. The lowest BCUT2D eigenvalue weighted by molar-refractivity contribution is -0.384. The number of amides is 1. The second-order valence-corrected chi connectivity index (χ2v) is 6.35. The molecule has 2 rings (SSSR count). The van der Waals surface area contributed by atoms with Gasteiger partial charge in [-0.1, -0.05) is 25.4 Å². The van der Waals surface area contributed by atoms with Gasteiger partial charge in [0.25, 0.3) is 11.6 Å². The van der Waals surface area contributed by atoms with Gasteiger partial charge < -0.3 is 10.1 Å². The van der Waals surface area contributed by atoms with Crippen LogP contribution in [0.2, 0.25) is 5.02 Å². The van der Waals surface area contributed by atoms with Gasteiger partial charge in [0.1, 0.15) is 5.75 Å². The zero-order valence-electron chi connectivity index (χ0n) is 14.4. The molecule has 7 heteroatoms. The van der Waals surface area contributed by atoms with Crippen LogP contribution in [0, 0.1) is 17.0 Å². The Morgan fingerprint density at radius 2 is 1.96 bits per heavy atom. The summed E-state index contributed by atoms with van der Waals surface area (Å²) in [5.74, 6) is 0.505. The van der Waals surface area contributed by atoms with E-state index in [4.69, 9.17) is 16.3 Å². The fraction of sp³-hybridized carbons (Fsp3) is 0.278. The van der Waals surface area contributed by atoms with E-state index in [-0.39, 0.29) is 28.2 Å². The highest BCUT2D eigenvalue weighted by molar-refractivity contribution is 6.34. The summed E-state index contributed by atoms with van der Waals surface area (Å²) in [5.41, 5.74) is 2.16. The van der Waals surface area contributed by atoms with E-state index < -0.39 is 4.92 Å². The molecule has 1 amide bonds. The number of benzene rings is 2. The molecule has 2 aromatic rings. The van der Waals surface area contributed by atoms with Crippen LogP contribution in [-0.4, -0.2) is 17.9 Å². The van der Waals surface area contributed by atoms with Crippen molar-refractivity contribution in [3.63, 3.8) is 0 Å². The Morgan fingerprint density at radius 1 is 1.28 bits per heavy atom. The molecule has 0 fully saturated rings. The van der Waals surface area contributed by atoms with Crippen molar-refractivity contribution >= 4 is 28.9 Å². The van der Waals surface area contributed by atoms with Crippen LogP contribution in [-0.2, 0) is 0 Å². The number of rotatable bonds is 5. The lowest BCUT2D eigenvalue weighted by Crippen LogP contribution is -2.15. The first-order valence-corrected chi connectivity index (χ1v) is 8.06. The summed E-state index contributed by atoms with van der Waals surface area (Å²) in [6.45, 7) is 5.81. The lowest BCUT2D eigenvalue weighted by atomic mass is 9.96. The largest absolute Gasteiger partial charge is 0.496 e. The van der Waals surface area contributed by atoms with Crippen LogP contribution in [0.15, 0.2) is 30.3 Å². The molecule has 0 unspecified atom stereocenters. The molecule has 0 spiro atoms. The van der Waals surface area contributed by atoms with E-state index in [1.807, 2.05) is 13.8 Å². The van der Waals surface area contributed by atoms with E-state index in [9.17, 15) is 14.9 Å². The molecule has 0 atom stereocenters. The van der Waals surface area contributed by atoms with Crippen molar-refractivity contribution in [3.05, 3.63) is 62.2 Å². The number of nitrogens with zero attached hydrogens (tertiary/aromatic N) is 1. The first kappa shape index (κ1) is 18.7. The Labute approximate surface area is 150 Å². The number of hydrogen-bond donors (Lipinski definition) is 1. The third kappa shape index (κ3) is 4.09. The smallest absolute Gasteiger partial charge is 0.271 e. The zero-order chi connectivity index (χ0) is 18.7. The van der Waals surface area contributed by atoms with Crippen molar-refractivity contribution in [2.24, 2.45) is 0 Å². The van der Waals surface area contributed by atoms with Crippen LogP contribution < -0.4 is 10.1 Å². The van der Waals surface area contributed by atoms with E-state index in [1.54, 1.807) is 26.2 Å². The molecule has 0 bridgehead atoms. The Balaban J connectivity index is 2.40. The number of nitrogens with one attached hydrogen (secondary N) is 1. The van der Waals surface area contributed by atoms with Gasteiger partial charge in [0.05, 0.1) is 22.7 Å². The molecule has 1 N–H and O–H groups in total. The summed E-state index contributed by atoms with van der Waals surface area (Å²) in [6, 6.07) is 7.49. The number of hydrogen-bond acceptors (Lipinski definition) is 4. The van der Waals surface area contributed by atoms with Crippen molar-refractivity contribution in [2.45, 2.75) is 26.7 Å². The highest BCUT2D eigenvalue weighted by atomic mass is 35.5. The minimum absolute atomic E-state index is 0.144. The molecule has 0 aliphatic heterocycles. The van der Waals surface area contributed by atoms with Gasteiger partial charge in [0.15, 0.2) is 0 Å². The van der Waals surface area contributed by atoms with Gasteiger partial charge >= 0.3 is 0 Å². The monoisotopic (exact) mass is 362 g/mol. The molecule has 0 heterocycles. The highest BCUT2D eigenvalue weighted by Crippen LogP contribution is 2.31. The number of aryl methyl sites for hydroxylation is 1. The number of anilines is 1. The van der Waals surface area contributed by atoms with Gasteiger partial charge in [-0.2, -0.15) is 0 Å². The number of carbonyl (C=O) groups excluding carboxylic acids is 1. The van der Waals surface area contributed by atoms with Crippen molar-refractivity contribution in [2.75, 3.05) is 12.4 Å². The average molecular weight is 363 g/mol. The summed E-state index contributed by atoms with van der Waals surface area (Å²) < 4.78 is 5.37. The summed E-state index contributed by atoms with van der Waals surface area (Å²) in [5, 5.41) is 13.8. The Morgan fingerprint density at radius 3 is 2.52 bits per heavy atom. The molecule has 2 aromatic carbocycles. The van der Waals surface area contributed by atoms with Gasteiger partial charge in [-0.15, -0.1) is 0 Å². The molecule has 25 heavy (non-hydrogen) atoms. The summed E-state index contributed by atoms with van der Waals surface area (Å²) in [4.78, 5) is 23.0. The van der Waals surface area contributed by atoms with Crippen molar-refractivity contribution in [1.29, 1.82) is 0 Å². The highest BCUT2D eigenvalue weighted by Gasteiger charge is 2.18. The number of ether oxygens (including phenoxy) is 1. The van der Waals surface area contributed by atoms with E-state index >= 15 is 0 Å². The number of nitro benzene ring substituents is 1. The summed E-state index contributed by atoms with van der Waals surface area (Å²) >= 11 is 6.04. The lowest BCUT2D eigenvalue weighted by Gasteiger charge is -2.16. The standard InChI is InChI=1S/C18H19ClN2O4/c1-10(2)13-9-14(11(3)7-17(13)25-4)18(22)20-16-8-12(21(23)24)5-6-15(16)19/h5-10H,1-4H3,(H,20,22). The summed E-state index contributed by atoms with van der Waals surface area (Å²) in [6.07, 6.45) is 0. The molecule has 0 aliphatic carbocycles. The van der Waals surface area contributed by atoms with Gasteiger partial charge in [-0.3, -0.25) is 14.9 Å². The minimum Gasteiger partial charge on any atom is -0.496 e. The second-order valence-electron chi connectivity index (χ2n) is 5.94. The molecule has 6 nitrogen and oxygen atoms in total. The predicted molar refractivity (Wildman–Crippen MR) is 97.9 cm³/mol. The number of nitro groups is 1. The topological polar surface area (TPSA) is 81.5 Å². The molecule has 0 radical (unpaired) electrons. The first-order valence-electron chi connectivity index (χ1n) is 7.68. The van der Waals surface area contributed by atoms with E-state index in [1.165, 1.54) is 18.2 Å². The predicted octanol–water partition coefficient (Wildman–Crippen LogP) is 4.94. The quantitative estimate of drug-likeness (QED) is 0.603. The number of carbonyl (C=O) groups is 1. The minimum atomic E-state index is -0.540. The number of methoxy groups -OCH3 is 1. The maximum Gasteiger partial charge on any atom is 0.271 e. The van der Waals surface area contributed by atoms with Crippen LogP contribution >= 0.6 is 11.6 Å². The molecule has 0 saturated carbocycles. The van der Waals surface area contributed by atoms with Gasteiger partial charge in [-0.25, -0.2) is 0 Å². The number of non-ortho nitro benzene ring substituents is 1. The maximum atomic E-state index is 12.7. The molecule has 0 saturated heterocycles. The zero-order valence-corrected chi connectivity index (χ0v) is 15.2. The Hall–Kier alpha value is -2.60. The third-order valence-electron chi connectivity index (χ3n) is 3.85. The van der Waals surface area contributed by atoms with Crippen LogP contribution in [0.1, 0.15) is 41.3 Å². The normalized spacial score (nSPS) is 10.6.